The molecular weight excluding hydrogens is 417 g/mol. The second-order valence-electron chi connectivity index (χ2n) is 5.37. The number of benzene rings is 1. The molecule has 1 aromatic carbocycles. The van der Waals surface area contributed by atoms with E-state index >= 15 is 0 Å². The summed E-state index contributed by atoms with van der Waals surface area (Å²) in [7, 11) is -2.56. The molecule has 10 heteroatoms. The van der Waals surface area contributed by atoms with E-state index < -0.39 is 15.8 Å². The molecule has 1 aliphatic heterocycles. The zero-order valence-corrected chi connectivity index (χ0v) is 15.6. The maximum absolute atomic E-state index is 13.5. The highest BCUT2D eigenvalue weighted by atomic mass is 79.9. The lowest BCUT2D eigenvalue weighted by Gasteiger charge is -2.18. The van der Waals surface area contributed by atoms with Crippen LogP contribution in [0.4, 0.5) is 4.39 Å². The van der Waals surface area contributed by atoms with Gasteiger partial charge < -0.3 is 9.47 Å². The molecule has 1 atom stereocenters. The van der Waals surface area contributed by atoms with Crippen LogP contribution in [0.5, 0.6) is 11.8 Å². The maximum Gasteiger partial charge on any atom is 0.316 e. The van der Waals surface area contributed by atoms with E-state index in [-0.39, 0.29) is 35.8 Å². The number of aromatic nitrogens is 2. The third kappa shape index (κ3) is 3.91. The molecule has 3 rings (SSSR count). The normalized spacial score (nSPS) is 18.3. The van der Waals surface area contributed by atoms with Crippen molar-refractivity contribution in [3.05, 3.63) is 40.9 Å². The summed E-state index contributed by atoms with van der Waals surface area (Å²) < 4.78 is 51.7. The van der Waals surface area contributed by atoms with Crippen LogP contribution >= 0.6 is 15.9 Å². The van der Waals surface area contributed by atoms with Gasteiger partial charge in [-0.3, -0.25) is 0 Å². The van der Waals surface area contributed by atoms with Gasteiger partial charge in [0.25, 0.3) is 0 Å². The van der Waals surface area contributed by atoms with E-state index in [0.717, 1.165) is 12.1 Å². The predicted octanol–water partition coefficient (Wildman–Crippen LogP) is 2.23. The van der Waals surface area contributed by atoms with Gasteiger partial charge >= 0.3 is 6.01 Å². The average molecular weight is 432 g/mol. The Hall–Kier alpha value is -1.78. The number of methoxy groups -OCH3 is 1. The van der Waals surface area contributed by atoms with Crippen LogP contribution in [-0.4, -0.2) is 49.0 Å². The molecule has 0 aliphatic carbocycles. The Morgan fingerprint density at radius 3 is 2.72 bits per heavy atom. The minimum Gasteiger partial charge on any atom is -0.495 e. The lowest BCUT2D eigenvalue weighted by molar-refractivity contribution is 0.197. The highest BCUT2D eigenvalue weighted by Gasteiger charge is 2.35. The maximum atomic E-state index is 13.5. The Morgan fingerprint density at radius 1 is 1.32 bits per heavy atom. The molecule has 134 valence electrons. The fourth-order valence-corrected chi connectivity index (χ4v) is 4.37. The van der Waals surface area contributed by atoms with Crippen molar-refractivity contribution in [3.8, 4) is 11.8 Å². The number of hydrogen-bond acceptors (Lipinski definition) is 6. The van der Waals surface area contributed by atoms with E-state index in [4.69, 9.17) is 9.47 Å². The molecule has 1 saturated heterocycles. The smallest absolute Gasteiger partial charge is 0.316 e. The Morgan fingerprint density at radius 2 is 2.04 bits per heavy atom. The standard InChI is InChI=1S/C15H15BrFN3O4S/c1-23-13-3-2-11(17)6-14(13)25(21,22)20-5-4-12(9-20)24-15-18-7-10(16)8-19-15/h2-3,6-8,12H,4-5,9H2,1H3/t12-/m0/s1. The second-order valence-corrected chi connectivity index (χ2v) is 8.19. The SMILES string of the molecule is COc1ccc(F)cc1S(=O)(=O)N1CC[C@H](Oc2ncc(Br)cn2)C1. The number of nitrogens with zero attached hydrogens (tertiary/aromatic N) is 3. The second kappa shape index (κ2) is 7.22. The molecule has 0 radical (unpaired) electrons. The van der Waals surface area contributed by atoms with Gasteiger partial charge in [-0.15, -0.1) is 0 Å². The van der Waals surface area contributed by atoms with Crippen molar-refractivity contribution in [1.82, 2.24) is 14.3 Å². The molecule has 2 heterocycles. The molecule has 0 saturated carbocycles. The molecule has 0 bridgehead atoms. The Balaban J connectivity index is 1.76. The van der Waals surface area contributed by atoms with Crippen LogP contribution in [0.1, 0.15) is 6.42 Å². The lowest BCUT2D eigenvalue weighted by Crippen LogP contribution is -2.31. The Bertz CT molecular complexity index is 864. The molecule has 0 unspecified atom stereocenters. The minimum atomic E-state index is -3.90. The lowest BCUT2D eigenvalue weighted by atomic mass is 10.3. The monoisotopic (exact) mass is 431 g/mol. The van der Waals surface area contributed by atoms with Crippen molar-refractivity contribution >= 4 is 26.0 Å². The number of hydrogen-bond donors (Lipinski definition) is 0. The summed E-state index contributed by atoms with van der Waals surface area (Å²) in [4.78, 5) is 7.82. The third-order valence-electron chi connectivity index (χ3n) is 3.72. The van der Waals surface area contributed by atoms with Gasteiger partial charge in [0.15, 0.2) is 0 Å². The molecule has 25 heavy (non-hydrogen) atoms. The summed E-state index contributed by atoms with van der Waals surface area (Å²) in [5.74, 6) is -0.545. The van der Waals surface area contributed by atoms with Crippen molar-refractivity contribution in [2.45, 2.75) is 17.4 Å². The molecule has 1 aromatic heterocycles. The van der Waals surface area contributed by atoms with Gasteiger partial charge in [-0.2, -0.15) is 4.31 Å². The summed E-state index contributed by atoms with van der Waals surface area (Å²) >= 11 is 3.23. The largest absolute Gasteiger partial charge is 0.495 e. The van der Waals surface area contributed by atoms with E-state index in [9.17, 15) is 12.8 Å². The summed E-state index contributed by atoms with van der Waals surface area (Å²) in [6.45, 7) is 0.380. The molecule has 0 amide bonds. The van der Waals surface area contributed by atoms with Crippen LogP contribution in [0.25, 0.3) is 0 Å². The van der Waals surface area contributed by atoms with E-state index in [1.807, 2.05) is 0 Å². The molecule has 7 nitrogen and oxygen atoms in total. The highest BCUT2D eigenvalue weighted by molar-refractivity contribution is 9.10. The van der Waals surface area contributed by atoms with Gasteiger partial charge in [0, 0.05) is 18.9 Å². The minimum absolute atomic E-state index is 0.0991. The first kappa shape index (κ1) is 18.0. The van der Waals surface area contributed by atoms with Crippen molar-refractivity contribution in [3.63, 3.8) is 0 Å². The van der Waals surface area contributed by atoms with E-state index in [0.29, 0.717) is 10.9 Å². The van der Waals surface area contributed by atoms with E-state index in [1.165, 1.54) is 17.5 Å². The molecule has 2 aromatic rings. The van der Waals surface area contributed by atoms with Gasteiger partial charge in [-0.05, 0) is 40.5 Å². The van der Waals surface area contributed by atoms with E-state index in [2.05, 4.69) is 25.9 Å². The number of halogens is 2. The first-order valence-corrected chi connectivity index (χ1v) is 9.61. The zero-order valence-electron chi connectivity index (χ0n) is 13.2. The van der Waals surface area contributed by atoms with Crippen molar-refractivity contribution in [2.75, 3.05) is 20.2 Å². The molecular formula is C15H15BrFN3O4S. The third-order valence-corrected chi connectivity index (χ3v) is 6.02. The molecule has 0 spiro atoms. The Kier molecular flexibility index (Phi) is 5.21. The first-order chi connectivity index (χ1) is 11.9. The summed E-state index contributed by atoms with van der Waals surface area (Å²) in [5.41, 5.74) is 0. The molecule has 1 fully saturated rings. The summed E-state index contributed by atoms with van der Waals surface area (Å²) in [6.07, 6.45) is 3.19. The topological polar surface area (TPSA) is 81.6 Å². The van der Waals surface area contributed by atoms with Crippen LogP contribution in [0.3, 0.4) is 0 Å². The van der Waals surface area contributed by atoms with Gasteiger partial charge in [0.1, 0.15) is 22.6 Å². The van der Waals surface area contributed by atoms with Crippen molar-refractivity contribution in [2.24, 2.45) is 0 Å². The van der Waals surface area contributed by atoms with Gasteiger partial charge in [-0.1, -0.05) is 0 Å². The number of sulfonamides is 1. The van der Waals surface area contributed by atoms with Gasteiger partial charge in [-0.25, -0.2) is 22.8 Å². The van der Waals surface area contributed by atoms with Crippen LogP contribution in [0.15, 0.2) is 40.0 Å². The van der Waals surface area contributed by atoms with Crippen molar-refractivity contribution < 1.29 is 22.3 Å². The average Bonchev–Trinajstić information content (AvgIpc) is 3.06. The van der Waals surface area contributed by atoms with Crippen LogP contribution in [0, 0.1) is 5.82 Å². The van der Waals surface area contributed by atoms with Crippen LogP contribution in [0.2, 0.25) is 0 Å². The predicted molar refractivity (Wildman–Crippen MR) is 90.5 cm³/mol. The van der Waals surface area contributed by atoms with Crippen LogP contribution < -0.4 is 9.47 Å². The highest BCUT2D eigenvalue weighted by Crippen LogP contribution is 2.30. The summed E-state index contributed by atoms with van der Waals surface area (Å²) in [6, 6.07) is 3.58. The molecule has 1 aliphatic rings. The zero-order chi connectivity index (χ0) is 18.0. The number of rotatable bonds is 5. The first-order valence-electron chi connectivity index (χ1n) is 7.38. The van der Waals surface area contributed by atoms with Gasteiger partial charge in [0.2, 0.25) is 10.0 Å². The van der Waals surface area contributed by atoms with Crippen LogP contribution in [-0.2, 0) is 10.0 Å². The van der Waals surface area contributed by atoms with E-state index in [1.54, 1.807) is 12.4 Å². The number of ether oxygens (including phenoxy) is 2. The van der Waals surface area contributed by atoms with Crippen molar-refractivity contribution in [1.29, 1.82) is 0 Å². The Labute approximate surface area is 153 Å². The quantitative estimate of drug-likeness (QED) is 0.721. The summed E-state index contributed by atoms with van der Waals surface area (Å²) in [5, 5.41) is 0. The molecule has 0 N–H and O–H groups in total. The van der Waals surface area contributed by atoms with Gasteiger partial charge in [0.05, 0.1) is 18.1 Å². The fraction of sp³-hybridized carbons (Fsp3) is 0.333. The fourth-order valence-electron chi connectivity index (χ4n) is 2.51.